The highest BCUT2D eigenvalue weighted by atomic mass is 32.1. The van der Waals surface area contributed by atoms with Gasteiger partial charge in [0, 0.05) is 17.8 Å². The van der Waals surface area contributed by atoms with E-state index >= 15 is 0 Å². The molecule has 0 fully saturated rings. The smallest absolute Gasteiger partial charge is 0.220 e. The van der Waals surface area contributed by atoms with E-state index in [1.807, 2.05) is 17.5 Å². The minimum absolute atomic E-state index is 0.0328. The molecule has 0 bridgehead atoms. The Bertz CT molecular complexity index is 569. The SMILES string of the molecule is COc1ccc(CNC(=O)CCc2cccs2)cc1F. The minimum Gasteiger partial charge on any atom is -0.494 e. The van der Waals surface area contributed by atoms with Crippen LogP contribution in [-0.4, -0.2) is 13.0 Å². The second-order valence-corrected chi connectivity index (χ2v) is 5.36. The molecular weight excluding hydrogens is 277 g/mol. The van der Waals surface area contributed by atoms with Crippen LogP contribution >= 0.6 is 11.3 Å². The first-order valence-electron chi connectivity index (χ1n) is 6.30. The van der Waals surface area contributed by atoms with E-state index in [1.165, 1.54) is 18.1 Å². The van der Waals surface area contributed by atoms with E-state index in [9.17, 15) is 9.18 Å². The van der Waals surface area contributed by atoms with Crippen molar-refractivity contribution < 1.29 is 13.9 Å². The third-order valence-corrected chi connectivity index (χ3v) is 3.82. The summed E-state index contributed by atoms with van der Waals surface area (Å²) in [6.45, 7) is 0.324. The van der Waals surface area contributed by atoms with Crippen LogP contribution < -0.4 is 10.1 Å². The molecule has 2 aromatic rings. The van der Waals surface area contributed by atoms with Crippen molar-refractivity contribution in [2.75, 3.05) is 7.11 Å². The first-order valence-corrected chi connectivity index (χ1v) is 7.18. The van der Waals surface area contributed by atoms with Crippen LogP contribution in [0.2, 0.25) is 0 Å². The molecular formula is C15H16FNO2S. The van der Waals surface area contributed by atoms with E-state index in [0.29, 0.717) is 18.5 Å². The lowest BCUT2D eigenvalue weighted by atomic mass is 10.2. The van der Waals surface area contributed by atoms with Gasteiger partial charge in [0.05, 0.1) is 7.11 Å². The van der Waals surface area contributed by atoms with Crippen molar-refractivity contribution in [1.29, 1.82) is 0 Å². The lowest BCUT2D eigenvalue weighted by Crippen LogP contribution is -2.22. The molecule has 1 aromatic heterocycles. The Morgan fingerprint density at radius 1 is 1.40 bits per heavy atom. The average Bonchev–Trinajstić information content (AvgIpc) is 2.96. The molecule has 5 heteroatoms. The highest BCUT2D eigenvalue weighted by molar-refractivity contribution is 7.09. The lowest BCUT2D eigenvalue weighted by Gasteiger charge is -2.07. The van der Waals surface area contributed by atoms with Crippen molar-refractivity contribution in [1.82, 2.24) is 5.32 Å². The van der Waals surface area contributed by atoms with Crippen LogP contribution in [0.1, 0.15) is 16.9 Å². The number of ether oxygens (including phenoxy) is 1. The molecule has 0 radical (unpaired) electrons. The summed E-state index contributed by atoms with van der Waals surface area (Å²) in [5, 5.41) is 4.78. The van der Waals surface area contributed by atoms with Crippen LogP contribution in [0.3, 0.4) is 0 Å². The summed E-state index contributed by atoms with van der Waals surface area (Å²) < 4.78 is 18.3. The zero-order valence-corrected chi connectivity index (χ0v) is 12.0. The molecule has 0 aliphatic rings. The van der Waals surface area contributed by atoms with Crippen LogP contribution in [0, 0.1) is 5.82 Å². The van der Waals surface area contributed by atoms with Gasteiger partial charge in [-0.1, -0.05) is 12.1 Å². The molecule has 0 saturated heterocycles. The van der Waals surface area contributed by atoms with Crippen molar-refractivity contribution in [2.45, 2.75) is 19.4 Å². The molecule has 1 heterocycles. The number of nitrogens with one attached hydrogen (secondary N) is 1. The Balaban J connectivity index is 1.79. The number of halogens is 1. The number of hydrogen-bond acceptors (Lipinski definition) is 3. The summed E-state index contributed by atoms with van der Waals surface area (Å²) >= 11 is 1.64. The lowest BCUT2D eigenvalue weighted by molar-refractivity contribution is -0.121. The summed E-state index contributed by atoms with van der Waals surface area (Å²) in [6, 6.07) is 8.65. The van der Waals surface area contributed by atoms with E-state index in [1.54, 1.807) is 23.5 Å². The molecule has 0 aliphatic heterocycles. The van der Waals surface area contributed by atoms with Crippen LogP contribution in [-0.2, 0) is 17.8 Å². The summed E-state index contributed by atoms with van der Waals surface area (Å²) in [7, 11) is 1.42. The molecule has 0 unspecified atom stereocenters. The number of thiophene rings is 1. The number of carbonyl (C=O) groups excluding carboxylic acids is 1. The number of benzene rings is 1. The second-order valence-electron chi connectivity index (χ2n) is 4.32. The van der Waals surface area contributed by atoms with Gasteiger partial charge in [-0.2, -0.15) is 0 Å². The fourth-order valence-electron chi connectivity index (χ4n) is 1.80. The van der Waals surface area contributed by atoms with E-state index in [0.717, 1.165) is 6.42 Å². The van der Waals surface area contributed by atoms with Crippen molar-refractivity contribution in [3.8, 4) is 5.75 Å². The van der Waals surface area contributed by atoms with Crippen molar-refractivity contribution in [2.24, 2.45) is 0 Å². The Hall–Kier alpha value is -1.88. The van der Waals surface area contributed by atoms with Gasteiger partial charge in [0.25, 0.3) is 0 Å². The fourth-order valence-corrected chi connectivity index (χ4v) is 2.51. The van der Waals surface area contributed by atoms with Gasteiger partial charge in [-0.15, -0.1) is 11.3 Å². The molecule has 3 nitrogen and oxygen atoms in total. The number of hydrogen-bond donors (Lipinski definition) is 1. The number of rotatable bonds is 6. The first kappa shape index (κ1) is 14.5. The molecule has 1 aromatic carbocycles. The number of aryl methyl sites for hydroxylation is 1. The highest BCUT2D eigenvalue weighted by Crippen LogP contribution is 2.17. The first-order chi connectivity index (χ1) is 9.69. The fraction of sp³-hybridized carbons (Fsp3) is 0.267. The molecule has 1 N–H and O–H groups in total. The standard InChI is InChI=1S/C15H16FNO2S/c1-19-14-6-4-11(9-13(14)16)10-17-15(18)7-5-12-3-2-8-20-12/h2-4,6,8-9H,5,7,10H2,1H3,(H,17,18). The third-order valence-electron chi connectivity index (χ3n) is 2.88. The van der Waals surface area contributed by atoms with Crippen LogP contribution in [0.5, 0.6) is 5.75 Å². The maximum Gasteiger partial charge on any atom is 0.220 e. The van der Waals surface area contributed by atoms with Gasteiger partial charge in [-0.25, -0.2) is 4.39 Å². The van der Waals surface area contributed by atoms with E-state index in [2.05, 4.69) is 5.32 Å². The number of methoxy groups -OCH3 is 1. The third kappa shape index (κ3) is 4.06. The maximum atomic E-state index is 13.5. The second kappa shape index (κ2) is 7.05. The van der Waals surface area contributed by atoms with Gasteiger partial charge in [0.15, 0.2) is 11.6 Å². The van der Waals surface area contributed by atoms with E-state index < -0.39 is 5.82 Å². The average molecular weight is 293 g/mol. The maximum absolute atomic E-state index is 13.5. The molecule has 106 valence electrons. The quantitative estimate of drug-likeness (QED) is 0.888. The Labute approximate surface area is 121 Å². The largest absolute Gasteiger partial charge is 0.494 e. The molecule has 1 amide bonds. The molecule has 20 heavy (non-hydrogen) atoms. The minimum atomic E-state index is -0.419. The summed E-state index contributed by atoms with van der Waals surface area (Å²) in [5.74, 6) is -0.245. The Morgan fingerprint density at radius 2 is 2.25 bits per heavy atom. The van der Waals surface area contributed by atoms with Crippen LogP contribution in [0.25, 0.3) is 0 Å². The zero-order valence-electron chi connectivity index (χ0n) is 11.2. The van der Waals surface area contributed by atoms with Gasteiger partial charge in [0.2, 0.25) is 5.91 Å². The van der Waals surface area contributed by atoms with Crippen molar-refractivity contribution in [3.05, 3.63) is 52.0 Å². The van der Waals surface area contributed by atoms with Crippen molar-refractivity contribution in [3.63, 3.8) is 0 Å². The molecule has 0 spiro atoms. The van der Waals surface area contributed by atoms with Gasteiger partial charge < -0.3 is 10.1 Å². The summed E-state index contributed by atoms with van der Waals surface area (Å²) in [5.41, 5.74) is 0.716. The molecule has 0 saturated carbocycles. The van der Waals surface area contributed by atoms with Crippen LogP contribution in [0.4, 0.5) is 4.39 Å². The Morgan fingerprint density at radius 3 is 2.90 bits per heavy atom. The molecule has 0 atom stereocenters. The Kier molecular flexibility index (Phi) is 5.12. The summed E-state index contributed by atoms with van der Waals surface area (Å²) in [4.78, 5) is 12.9. The molecule has 0 aliphatic carbocycles. The van der Waals surface area contributed by atoms with E-state index in [-0.39, 0.29) is 11.7 Å². The predicted octanol–water partition coefficient (Wildman–Crippen LogP) is 3.14. The predicted molar refractivity (Wildman–Crippen MR) is 77.4 cm³/mol. The van der Waals surface area contributed by atoms with Gasteiger partial charge in [-0.05, 0) is 35.6 Å². The monoisotopic (exact) mass is 293 g/mol. The number of carbonyl (C=O) groups is 1. The number of amides is 1. The summed E-state index contributed by atoms with van der Waals surface area (Å²) in [6.07, 6.45) is 1.18. The van der Waals surface area contributed by atoms with Gasteiger partial charge in [0.1, 0.15) is 0 Å². The zero-order chi connectivity index (χ0) is 14.4. The normalized spacial score (nSPS) is 10.3. The highest BCUT2D eigenvalue weighted by Gasteiger charge is 2.06. The van der Waals surface area contributed by atoms with E-state index in [4.69, 9.17) is 4.74 Å². The topological polar surface area (TPSA) is 38.3 Å². The van der Waals surface area contributed by atoms with Crippen LogP contribution in [0.15, 0.2) is 35.7 Å². The van der Waals surface area contributed by atoms with Crippen molar-refractivity contribution >= 4 is 17.2 Å². The van der Waals surface area contributed by atoms with Gasteiger partial charge in [-0.3, -0.25) is 4.79 Å². The molecule has 2 rings (SSSR count). The van der Waals surface area contributed by atoms with Gasteiger partial charge >= 0.3 is 0 Å².